The van der Waals surface area contributed by atoms with Gasteiger partial charge < -0.3 is 20.9 Å². The number of tetrazole rings is 1. The maximum Gasteiger partial charge on any atom is 0.251 e. The normalized spacial score (nSPS) is 25.8. The van der Waals surface area contributed by atoms with Gasteiger partial charge in [-0.25, -0.2) is 0 Å². The van der Waals surface area contributed by atoms with Crippen molar-refractivity contribution in [3.8, 4) is 17.2 Å². The molecule has 1 aliphatic heterocycles. The van der Waals surface area contributed by atoms with E-state index in [9.17, 15) is 19.6 Å². The van der Waals surface area contributed by atoms with Crippen LogP contribution in [0.2, 0.25) is 0 Å². The summed E-state index contributed by atoms with van der Waals surface area (Å²) in [4.78, 5) is 40.4. The molecular formula is C30H31N9O3. The minimum atomic E-state index is -0.876. The van der Waals surface area contributed by atoms with E-state index in [1.54, 1.807) is 26.2 Å². The maximum absolute atomic E-state index is 13.4. The summed E-state index contributed by atoms with van der Waals surface area (Å²) in [7, 11) is 3.16. The molecular weight excluding hydrogens is 534 g/mol. The Hall–Kier alpha value is -4.63. The lowest BCUT2D eigenvalue weighted by Gasteiger charge is -2.33. The topological polar surface area (TPSA) is 169 Å². The summed E-state index contributed by atoms with van der Waals surface area (Å²) in [6.45, 7) is 2.12. The standard InChI is InChI=1S/C30H31N9O3/c1-16(34-13-24(40)39-19(12-31)11-28-14-29(28,39)15-28)10-30(27-35-37-38-36-27)22-6-4-17(25(41)32-2)8-20(22)21-9-18(26(42)33-3)5-7-23(21)30/h4-9,16,19,34H,10-11,13-15H2,1-3H3,(H,32,41)(H,33,42)(H,35,36,37,38)/t16-,19?,28?,29?/m0/s1. The molecule has 1 aromatic heterocycles. The largest absolute Gasteiger partial charge is 0.355 e. The highest BCUT2D eigenvalue weighted by atomic mass is 16.2. The highest BCUT2D eigenvalue weighted by Gasteiger charge is 2.90. The van der Waals surface area contributed by atoms with Gasteiger partial charge in [0.2, 0.25) is 5.91 Å². The Balaban J connectivity index is 1.25. The monoisotopic (exact) mass is 565 g/mol. The minimum Gasteiger partial charge on any atom is -0.355 e. The molecule has 0 spiro atoms. The third-order valence-electron chi connectivity index (χ3n) is 9.94. The van der Waals surface area contributed by atoms with E-state index < -0.39 is 5.41 Å². The Morgan fingerprint density at radius 3 is 2.21 bits per heavy atom. The lowest BCUT2D eigenvalue weighted by atomic mass is 9.72. The van der Waals surface area contributed by atoms with E-state index in [1.807, 2.05) is 36.1 Å². The molecule has 2 atom stereocenters. The number of carbonyl (C=O) groups is 3. The average molecular weight is 566 g/mol. The van der Waals surface area contributed by atoms with Crippen LogP contribution in [-0.2, 0) is 10.2 Å². The van der Waals surface area contributed by atoms with Gasteiger partial charge in [0.25, 0.3) is 11.8 Å². The van der Waals surface area contributed by atoms with Gasteiger partial charge in [-0.2, -0.15) is 10.5 Å². The third kappa shape index (κ3) is 3.43. The number of nitrogens with zero attached hydrogens (tertiary/aromatic N) is 5. The van der Waals surface area contributed by atoms with Gasteiger partial charge in [-0.05, 0) is 79.1 Å². The van der Waals surface area contributed by atoms with Crippen LogP contribution in [0.15, 0.2) is 36.4 Å². The number of hydrogen-bond donors (Lipinski definition) is 4. The quantitative estimate of drug-likeness (QED) is 0.316. The number of nitrogens with one attached hydrogen (secondary N) is 4. The number of H-pyrrole nitrogens is 1. The van der Waals surface area contributed by atoms with Crippen LogP contribution < -0.4 is 16.0 Å². The molecule has 3 fully saturated rings. The van der Waals surface area contributed by atoms with E-state index in [0.29, 0.717) is 23.4 Å². The number of carbonyl (C=O) groups excluding carboxylic acids is 3. The fraction of sp³-hybridized carbons (Fsp3) is 0.433. The summed E-state index contributed by atoms with van der Waals surface area (Å²) >= 11 is 0. The van der Waals surface area contributed by atoms with Crippen molar-refractivity contribution in [2.24, 2.45) is 5.41 Å². The first-order chi connectivity index (χ1) is 20.2. The van der Waals surface area contributed by atoms with Crippen molar-refractivity contribution in [1.29, 1.82) is 5.26 Å². The Morgan fingerprint density at radius 1 is 1.07 bits per heavy atom. The number of aromatic amines is 1. The fourth-order valence-corrected chi connectivity index (χ4v) is 7.78. The van der Waals surface area contributed by atoms with Crippen LogP contribution in [0.5, 0.6) is 0 Å². The predicted octanol–water partition coefficient (Wildman–Crippen LogP) is 1.26. The van der Waals surface area contributed by atoms with Gasteiger partial charge in [-0.1, -0.05) is 17.3 Å². The third-order valence-corrected chi connectivity index (χ3v) is 9.94. The van der Waals surface area contributed by atoms with Crippen molar-refractivity contribution < 1.29 is 14.4 Å². The Kier molecular flexibility index (Phi) is 5.59. The second-order valence-corrected chi connectivity index (χ2v) is 12.1. The molecule has 4 aliphatic rings. The molecule has 2 aromatic carbocycles. The molecule has 0 radical (unpaired) electrons. The highest BCUT2D eigenvalue weighted by molar-refractivity contribution is 5.99. The Morgan fingerprint density at radius 2 is 1.69 bits per heavy atom. The van der Waals surface area contributed by atoms with E-state index in [4.69, 9.17) is 0 Å². The average Bonchev–Trinajstić information content (AvgIpc) is 3.49. The van der Waals surface area contributed by atoms with E-state index >= 15 is 0 Å². The van der Waals surface area contributed by atoms with Crippen LogP contribution in [0.4, 0.5) is 0 Å². The zero-order valence-electron chi connectivity index (χ0n) is 23.6. The number of piperidine rings is 2. The van der Waals surface area contributed by atoms with Crippen molar-refractivity contribution in [1.82, 2.24) is 41.5 Å². The molecule has 3 amide bonds. The van der Waals surface area contributed by atoms with E-state index in [0.717, 1.165) is 41.5 Å². The molecule has 42 heavy (non-hydrogen) atoms. The molecule has 2 heterocycles. The minimum absolute atomic E-state index is 0.0449. The first-order valence-electron chi connectivity index (χ1n) is 14.2. The van der Waals surface area contributed by atoms with Crippen molar-refractivity contribution in [3.63, 3.8) is 0 Å². The molecule has 4 N–H and O–H groups in total. The van der Waals surface area contributed by atoms with E-state index in [-0.39, 0.29) is 47.3 Å². The maximum atomic E-state index is 13.4. The number of hydrogen-bond acceptors (Lipinski definition) is 8. The number of benzene rings is 2. The van der Waals surface area contributed by atoms with Crippen LogP contribution in [0.1, 0.15) is 70.3 Å². The van der Waals surface area contributed by atoms with Crippen molar-refractivity contribution in [2.45, 2.75) is 55.6 Å². The molecule has 12 heteroatoms. The summed E-state index contributed by atoms with van der Waals surface area (Å²) in [5.41, 5.74) is 3.59. The second kappa shape index (κ2) is 8.93. The SMILES string of the molecule is CNC(=O)c1ccc2c(c1)-c1cc(C(=O)NC)ccc1C2(C[C@H](C)NCC(=O)N1C(C#N)CC23CC12C3)c1nn[nH]n1. The number of fused-ring (bicyclic) bond motifs is 3. The summed E-state index contributed by atoms with van der Waals surface area (Å²) in [6, 6.07) is 12.8. The van der Waals surface area contributed by atoms with Crippen LogP contribution in [0, 0.1) is 16.7 Å². The van der Waals surface area contributed by atoms with Crippen LogP contribution in [-0.4, -0.2) is 81.5 Å². The zero-order valence-corrected chi connectivity index (χ0v) is 23.6. The van der Waals surface area contributed by atoms with Crippen molar-refractivity contribution in [2.75, 3.05) is 20.6 Å². The van der Waals surface area contributed by atoms with Gasteiger partial charge in [0.05, 0.1) is 23.6 Å². The smallest absolute Gasteiger partial charge is 0.251 e. The zero-order chi connectivity index (χ0) is 29.4. The van der Waals surface area contributed by atoms with Crippen molar-refractivity contribution >= 4 is 17.7 Å². The molecule has 1 saturated heterocycles. The van der Waals surface area contributed by atoms with Gasteiger partial charge in [-0.3, -0.25) is 14.4 Å². The van der Waals surface area contributed by atoms with Gasteiger partial charge in [0, 0.05) is 36.7 Å². The van der Waals surface area contributed by atoms with Crippen LogP contribution >= 0.6 is 0 Å². The Bertz CT molecular complexity index is 1620. The second-order valence-electron chi connectivity index (χ2n) is 12.1. The molecule has 0 bridgehead atoms. The number of likely N-dealkylation sites (tertiary alicyclic amines) is 1. The van der Waals surface area contributed by atoms with Crippen LogP contribution in [0.3, 0.4) is 0 Å². The number of aromatic nitrogens is 4. The van der Waals surface area contributed by atoms with Gasteiger partial charge in [-0.15, -0.1) is 10.2 Å². The molecule has 3 aliphatic carbocycles. The Labute approximate surface area is 242 Å². The molecule has 214 valence electrons. The lowest BCUT2D eigenvalue weighted by Crippen LogP contribution is -2.49. The predicted molar refractivity (Wildman–Crippen MR) is 150 cm³/mol. The fourth-order valence-electron chi connectivity index (χ4n) is 7.78. The summed E-state index contributed by atoms with van der Waals surface area (Å²) in [6.07, 6.45) is 3.29. The molecule has 1 unspecified atom stereocenters. The number of amides is 3. The summed E-state index contributed by atoms with van der Waals surface area (Å²) < 4.78 is 0. The lowest BCUT2D eigenvalue weighted by molar-refractivity contribution is -0.133. The summed E-state index contributed by atoms with van der Waals surface area (Å²) in [5.74, 6) is -0.0391. The molecule has 7 rings (SSSR count). The molecule has 2 saturated carbocycles. The van der Waals surface area contributed by atoms with Crippen LogP contribution in [0.25, 0.3) is 11.1 Å². The van der Waals surface area contributed by atoms with Gasteiger partial charge in [0.1, 0.15) is 6.04 Å². The van der Waals surface area contributed by atoms with Crippen molar-refractivity contribution in [3.05, 3.63) is 64.5 Å². The molecule has 12 nitrogen and oxygen atoms in total. The van der Waals surface area contributed by atoms with E-state index in [2.05, 4.69) is 42.6 Å². The van der Waals surface area contributed by atoms with Gasteiger partial charge in [0.15, 0.2) is 5.82 Å². The first kappa shape index (κ1) is 26.3. The van der Waals surface area contributed by atoms with Gasteiger partial charge >= 0.3 is 0 Å². The highest BCUT2D eigenvalue weighted by Crippen LogP contribution is 2.87. The number of nitriles is 1. The first-order valence-corrected chi connectivity index (χ1v) is 14.2. The van der Waals surface area contributed by atoms with E-state index in [1.165, 1.54) is 0 Å². The summed E-state index contributed by atoms with van der Waals surface area (Å²) in [5, 5.41) is 33.7. The number of rotatable bonds is 8. The molecule has 3 aromatic rings.